The van der Waals surface area contributed by atoms with Gasteiger partial charge in [0.1, 0.15) is 5.82 Å². The number of hydrogen-bond acceptors (Lipinski definition) is 2. The van der Waals surface area contributed by atoms with Gasteiger partial charge in [0, 0.05) is 6.07 Å². The van der Waals surface area contributed by atoms with Crippen molar-refractivity contribution in [2.45, 2.75) is 0 Å². The zero-order valence-corrected chi connectivity index (χ0v) is 9.42. The molecule has 0 bridgehead atoms. The number of nitro benzene ring substituents is 1. The Bertz CT molecular complexity index is 591. The molecule has 0 spiro atoms. The molecule has 0 amide bonds. The van der Waals surface area contributed by atoms with Crippen molar-refractivity contribution < 1.29 is 9.31 Å². The van der Waals surface area contributed by atoms with Gasteiger partial charge in [-0.25, -0.2) is 4.39 Å². The van der Waals surface area contributed by atoms with Gasteiger partial charge in [-0.2, -0.15) is 0 Å². The van der Waals surface area contributed by atoms with Crippen LogP contribution in [-0.2, 0) is 0 Å². The first-order valence-corrected chi connectivity index (χ1v) is 5.34. The molecule has 0 aliphatic heterocycles. The molecule has 2 aromatic rings. The van der Waals surface area contributed by atoms with Crippen LogP contribution in [0.25, 0.3) is 12.2 Å². The van der Waals surface area contributed by atoms with Gasteiger partial charge in [-0.15, -0.1) is 0 Å². The zero-order chi connectivity index (χ0) is 13.0. The molecule has 0 heterocycles. The highest BCUT2D eigenvalue weighted by Crippen LogP contribution is 2.20. The Morgan fingerprint density at radius 1 is 1.00 bits per heavy atom. The molecule has 0 unspecified atom stereocenters. The normalized spacial score (nSPS) is 10.7. The van der Waals surface area contributed by atoms with Crippen molar-refractivity contribution in [2.24, 2.45) is 0 Å². The van der Waals surface area contributed by atoms with Crippen LogP contribution in [0.3, 0.4) is 0 Å². The van der Waals surface area contributed by atoms with Crippen molar-refractivity contribution in [3.05, 3.63) is 75.6 Å². The Kier molecular flexibility index (Phi) is 3.48. The topological polar surface area (TPSA) is 43.1 Å². The molecule has 0 saturated heterocycles. The Hall–Kier alpha value is -2.49. The summed E-state index contributed by atoms with van der Waals surface area (Å²) in [5.41, 5.74) is 1.36. The smallest absolute Gasteiger partial charge is 0.258 e. The lowest BCUT2D eigenvalue weighted by molar-refractivity contribution is -0.385. The molecular weight excluding hydrogens is 233 g/mol. The third-order valence-corrected chi connectivity index (χ3v) is 2.46. The molecule has 2 rings (SSSR count). The van der Waals surface area contributed by atoms with Crippen LogP contribution < -0.4 is 0 Å². The number of para-hydroxylation sites is 1. The molecule has 0 fully saturated rings. The summed E-state index contributed by atoms with van der Waals surface area (Å²) in [6.45, 7) is 0. The van der Waals surface area contributed by atoms with Crippen molar-refractivity contribution in [3.8, 4) is 0 Å². The minimum absolute atomic E-state index is 0.0517. The average molecular weight is 243 g/mol. The average Bonchev–Trinajstić information content (AvgIpc) is 2.38. The highest BCUT2D eigenvalue weighted by molar-refractivity contribution is 5.73. The first-order chi connectivity index (χ1) is 8.66. The maximum Gasteiger partial charge on any atom is 0.276 e. The van der Waals surface area contributed by atoms with Crippen molar-refractivity contribution in [1.82, 2.24) is 0 Å². The maximum atomic E-state index is 12.7. The minimum Gasteiger partial charge on any atom is -0.258 e. The Morgan fingerprint density at radius 3 is 2.33 bits per heavy atom. The lowest BCUT2D eigenvalue weighted by Gasteiger charge is -1.97. The van der Waals surface area contributed by atoms with Crippen LogP contribution in [0.15, 0.2) is 48.5 Å². The second kappa shape index (κ2) is 5.23. The Balaban J connectivity index is 2.29. The summed E-state index contributed by atoms with van der Waals surface area (Å²) in [7, 11) is 0. The van der Waals surface area contributed by atoms with Crippen molar-refractivity contribution in [2.75, 3.05) is 0 Å². The fourth-order valence-electron chi connectivity index (χ4n) is 1.55. The van der Waals surface area contributed by atoms with Gasteiger partial charge < -0.3 is 0 Å². The van der Waals surface area contributed by atoms with E-state index in [4.69, 9.17) is 0 Å². The van der Waals surface area contributed by atoms with Crippen LogP contribution >= 0.6 is 0 Å². The number of rotatable bonds is 3. The van der Waals surface area contributed by atoms with E-state index in [1.807, 2.05) is 0 Å². The molecular formula is C14H10FNO2. The lowest BCUT2D eigenvalue weighted by atomic mass is 10.1. The predicted molar refractivity (Wildman–Crippen MR) is 68.4 cm³/mol. The molecule has 0 aliphatic carbocycles. The van der Waals surface area contributed by atoms with E-state index in [1.54, 1.807) is 42.5 Å². The van der Waals surface area contributed by atoms with E-state index in [0.717, 1.165) is 5.56 Å². The third-order valence-electron chi connectivity index (χ3n) is 2.46. The van der Waals surface area contributed by atoms with Gasteiger partial charge in [-0.1, -0.05) is 30.3 Å². The Morgan fingerprint density at radius 2 is 1.67 bits per heavy atom. The number of nitrogens with zero attached hydrogens (tertiary/aromatic N) is 1. The van der Waals surface area contributed by atoms with Gasteiger partial charge in [-0.05, 0) is 29.8 Å². The monoisotopic (exact) mass is 243 g/mol. The van der Waals surface area contributed by atoms with Crippen molar-refractivity contribution in [3.63, 3.8) is 0 Å². The van der Waals surface area contributed by atoms with Crippen LogP contribution in [0.4, 0.5) is 10.1 Å². The predicted octanol–water partition coefficient (Wildman–Crippen LogP) is 3.90. The van der Waals surface area contributed by atoms with E-state index < -0.39 is 4.92 Å². The van der Waals surface area contributed by atoms with Crippen LogP contribution in [0.2, 0.25) is 0 Å². The van der Waals surface area contributed by atoms with Crippen LogP contribution in [0, 0.1) is 15.9 Å². The maximum absolute atomic E-state index is 12.7. The van der Waals surface area contributed by atoms with Gasteiger partial charge in [0.15, 0.2) is 0 Å². The number of halogens is 1. The summed E-state index contributed by atoms with van der Waals surface area (Å²) < 4.78 is 12.7. The number of benzene rings is 2. The van der Waals surface area contributed by atoms with E-state index in [0.29, 0.717) is 5.56 Å². The first kappa shape index (κ1) is 12.0. The van der Waals surface area contributed by atoms with E-state index >= 15 is 0 Å². The number of nitro groups is 1. The second-order valence-corrected chi connectivity index (χ2v) is 3.70. The lowest BCUT2D eigenvalue weighted by Crippen LogP contribution is -1.90. The quantitative estimate of drug-likeness (QED) is 0.466. The van der Waals surface area contributed by atoms with Gasteiger partial charge in [0.2, 0.25) is 0 Å². The number of hydrogen-bond donors (Lipinski definition) is 0. The standard InChI is InChI=1S/C14H10FNO2/c15-13-9-6-11(7-10-13)5-8-12-3-1-2-4-14(12)16(17)18/h1-10H/b8-5+. The summed E-state index contributed by atoms with van der Waals surface area (Å²) in [4.78, 5) is 10.4. The van der Waals surface area contributed by atoms with Crippen molar-refractivity contribution >= 4 is 17.8 Å². The molecule has 0 radical (unpaired) electrons. The summed E-state index contributed by atoms with van der Waals surface area (Å²) in [5.74, 6) is -0.308. The fraction of sp³-hybridized carbons (Fsp3) is 0. The Labute approximate surface area is 103 Å². The molecule has 0 N–H and O–H groups in total. The molecule has 0 atom stereocenters. The van der Waals surface area contributed by atoms with Crippen LogP contribution in [-0.4, -0.2) is 4.92 Å². The van der Waals surface area contributed by atoms with Gasteiger partial charge in [0.05, 0.1) is 10.5 Å². The molecule has 0 aromatic heterocycles. The van der Waals surface area contributed by atoms with E-state index in [2.05, 4.69) is 0 Å². The molecule has 18 heavy (non-hydrogen) atoms. The highest BCUT2D eigenvalue weighted by Gasteiger charge is 2.08. The van der Waals surface area contributed by atoms with E-state index in [9.17, 15) is 14.5 Å². The summed E-state index contributed by atoms with van der Waals surface area (Å²) in [6, 6.07) is 12.4. The molecule has 2 aromatic carbocycles. The summed E-state index contributed by atoms with van der Waals surface area (Å²) >= 11 is 0. The van der Waals surface area contributed by atoms with E-state index in [1.165, 1.54) is 18.2 Å². The largest absolute Gasteiger partial charge is 0.276 e. The van der Waals surface area contributed by atoms with Gasteiger partial charge in [-0.3, -0.25) is 10.1 Å². The van der Waals surface area contributed by atoms with E-state index in [-0.39, 0.29) is 11.5 Å². The third kappa shape index (κ3) is 2.79. The highest BCUT2D eigenvalue weighted by atomic mass is 19.1. The molecule has 90 valence electrons. The first-order valence-electron chi connectivity index (χ1n) is 5.34. The fourth-order valence-corrected chi connectivity index (χ4v) is 1.55. The molecule has 4 heteroatoms. The summed E-state index contributed by atoms with van der Waals surface area (Å²) in [5, 5.41) is 10.8. The molecule has 0 saturated carbocycles. The molecule has 0 aliphatic rings. The second-order valence-electron chi connectivity index (χ2n) is 3.70. The summed E-state index contributed by atoms with van der Waals surface area (Å²) in [6.07, 6.45) is 3.35. The van der Waals surface area contributed by atoms with Crippen molar-refractivity contribution in [1.29, 1.82) is 0 Å². The minimum atomic E-state index is -0.426. The van der Waals surface area contributed by atoms with Gasteiger partial charge >= 0.3 is 0 Å². The van der Waals surface area contributed by atoms with Gasteiger partial charge in [0.25, 0.3) is 5.69 Å². The zero-order valence-electron chi connectivity index (χ0n) is 9.42. The van der Waals surface area contributed by atoms with Crippen LogP contribution in [0.5, 0.6) is 0 Å². The van der Waals surface area contributed by atoms with Crippen LogP contribution in [0.1, 0.15) is 11.1 Å². The molecule has 3 nitrogen and oxygen atoms in total. The SMILES string of the molecule is O=[N+]([O-])c1ccccc1/C=C/c1ccc(F)cc1.